The summed E-state index contributed by atoms with van der Waals surface area (Å²) in [6, 6.07) is 21.7. The first-order chi connectivity index (χ1) is 17.1. The molecule has 0 radical (unpaired) electrons. The fourth-order valence-electron chi connectivity index (χ4n) is 4.31. The summed E-state index contributed by atoms with van der Waals surface area (Å²) in [5, 5.41) is 3.01. The Morgan fingerprint density at radius 3 is 2.31 bits per heavy atom. The highest BCUT2D eigenvalue weighted by atomic mass is 16.5. The van der Waals surface area contributed by atoms with Gasteiger partial charge in [-0.05, 0) is 53.6 Å². The van der Waals surface area contributed by atoms with Gasteiger partial charge in [-0.3, -0.25) is 9.69 Å². The summed E-state index contributed by atoms with van der Waals surface area (Å²) in [7, 11) is 4.91. The maximum atomic E-state index is 12.5. The van der Waals surface area contributed by atoms with Gasteiger partial charge in [0.05, 0.1) is 21.3 Å². The molecule has 0 bridgehead atoms. The van der Waals surface area contributed by atoms with Crippen molar-refractivity contribution in [3.8, 4) is 17.2 Å². The minimum absolute atomic E-state index is 0.113. The Morgan fingerprint density at radius 1 is 0.800 bits per heavy atom. The SMILES string of the molecule is COc1cccc(C(=O)NCc2cccc(N3CCN(Cc4ccc(OC)c(OC)c4)CC3)c2)c1. The molecule has 4 rings (SSSR count). The maximum absolute atomic E-state index is 12.5. The summed E-state index contributed by atoms with van der Waals surface area (Å²) in [5.41, 5.74) is 4.06. The molecule has 0 unspecified atom stereocenters. The van der Waals surface area contributed by atoms with Crippen LogP contribution in [0.5, 0.6) is 17.2 Å². The van der Waals surface area contributed by atoms with Crippen molar-refractivity contribution in [2.45, 2.75) is 13.1 Å². The average molecular weight is 476 g/mol. The third-order valence-corrected chi connectivity index (χ3v) is 6.29. The van der Waals surface area contributed by atoms with E-state index in [0.717, 1.165) is 49.8 Å². The zero-order chi connectivity index (χ0) is 24.6. The van der Waals surface area contributed by atoms with Crippen molar-refractivity contribution >= 4 is 11.6 Å². The number of carbonyl (C=O) groups is 1. The predicted octanol–water partition coefficient (Wildman–Crippen LogP) is 3.96. The van der Waals surface area contributed by atoms with E-state index in [0.29, 0.717) is 17.9 Å². The van der Waals surface area contributed by atoms with E-state index in [1.54, 1.807) is 33.5 Å². The van der Waals surface area contributed by atoms with Crippen LogP contribution in [0.2, 0.25) is 0 Å². The minimum Gasteiger partial charge on any atom is -0.497 e. The zero-order valence-corrected chi connectivity index (χ0v) is 20.6. The lowest BCUT2D eigenvalue weighted by molar-refractivity contribution is 0.0950. The van der Waals surface area contributed by atoms with Gasteiger partial charge in [0.25, 0.3) is 5.91 Å². The minimum atomic E-state index is -0.113. The molecule has 3 aromatic carbocycles. The largest absolute Gasteiger partial charge is 0.497 e. The van der Waals surface area contributed by atoms with Crippen LogP contribution in [0.3, 0.4) is 0 Å². The highest BCUT2D eigenvalue weighted by Gasteiger charge is 2.18. The summed E-state index contributed by atoms with van der Waals surface area (Å²) < 4.78 is 16.0. The van der Waals surface area contributed by atoms with Gasteiger partial charge >= 0.3 is 0 Å². The number of hydrogen-bond acceptors (Lipinski definition) is 6. The van der Waals surface area contributed by atoms with Gasteiger partial charge in [-0.25, -0.2) is 0 Å². The number of benzene rings is 3. The second-order valence-corrected chi connectivity index (χ2v) is 8.54. The third-order valence-electron chi connectivity index (χ3n) is 6.29. The van der Waals surface area contributed by atoms with Crippen LogP contribution >= 0.6 is 0 Å². The van der Waals surface area contributed by atoms with Crippen LogP contribution in [-0.2, 0) is 13.1 Å². The lowest BCUT2D eigenvalue weighted by Gasteiger charge is -2.36. The van der Waals surface area contributed by atoms with Gasteiger partial charge in [0, 0.05) is 50.5 Å². The number of amides is 1. The number of nitrogens with one attached hydrogen (secondary N) is 1. The molecule has 0 atom stereocenters. The Morgan fingerprint density at radius 2 is 1.57 bits per heavy atom. The van der Waals surface area contributed by atoms with Gasteiger partial charge in [0.1, 0.15) is 5.75 Å². The zero-order valence-electron chi connectivity index (χ0n) is 20.6. The van der Waals surface area contributed by atoms with Gasteiger partial charge in [0.2, 0.25) is 0 Å². The maximum Gasteiger partial charge on any atom is 0.251 e. The lowest BCUT2D eigenvalue weighted by atomic mass is 10.1. The second kappa shape index (κ2) is 11.6. The van der Waals surface area contributed by atoms with Crippen LogP contribution in [-0.4, -0.2) is 58.3 Å². The van der Waals surface area contributed by atoms with Crippen LogP contribution in [0.1, 0.15) is 21.5 Å². The molecular formula is C28H33N3O4. The molecule has 1 aliphatic heterocycles. The number of methoxy groups -OCH3 is 3. The fraction of sp³-hybridized carbons (Fsp3) is 0.321. The fourth-order valence-corrected chi connectivity index (χ4v) is 4.31. The van der Waals surface area contributed by atoms with E-state index < -0.39 is 0 Å². The first-order valence-electron chi connectivity index (χ1n) is 11.8. The van der Waals surface area contributed by atoms with Gasteiger partial charge < -0.3 is 24.4 Å². The summed E-state index contributed by atoms with van der Waals surface area (Å²) in [4.78, 5) is 17.4. The van der Waals surface area contributed by atoms with E-state index in [-0.39, 0.29) is 5.91 Å². The van der Waals surface area contributed by atoms with Crippen molar-refractivity contribution in [1.82, 2.24) is 10.2 Å². The predicted molar refractivity (Wildman–Crippen MR) is 138 cm³/mol. The number of piperazine rings is 1. The van der Waals surface area contributed by atoms with E-state index in [9.17, 15) is 4.79 Å². The Kier molecular flexibility index (Phi) is 8.11. The van der Waals surface area contributed by atoms with Gasteiger partial charge in [0.15, 0.2) is 11.5 Å². The normalized spacial score (nSPS) is 13.9. The molecule has 1 heterocycles. The van der Waals surface area contributed by atoms with Crippen LogP contribution in [0.15, 0.2) is 66.7 Å². The number of ether oxygens (including phenoxy) is 3. The van der Waals surface area contributed by atoms with E-state index in [1.807, 2.05) is 24.3 Å². The summed E-state index contributed by atoms with van der Waals surface area (Å²) >= 11 is 0. The van der Waals surface area contributed by atoms with E-state index in [1.165, 1.54) is 11.3 Å². The van der Waals surface area contributed by atoms with E-state index in [4.69, 9.17) is 14.2 Å². The molecule has 35 heavy (non-hydrogen) atoms. The van der Waals surface area contributed by atoms with E-state index in [2.05, 4.69) is 45.4 Å². The molecule has 0 aliphatic carbocycles. The van der Waals surface area contributed by atoms with Crippen molar-refractivity contribution in [1.29, 1.82) is 0 Å². The van der Waals surface area contributed by atoms with Crippen molar-refractivity contribution in [3.05, 3.63) is 83.4 Å². The quantitative estimate of drug-likeness (QED) is 0.505. The Bertz CT molecular complexity index is 1140. The summed E-state index contributed by atoms with van der Waals surface area (Å²) in [6.45, 7) is 5.21. The first-order valence-corrected chi connectivity index (χ1v) is 11.8. The van der Waals surface area contributed by atoms with Crippen molar-refractivity contribution in [3.63, 3.8) is 0 Å². The van der Waals surface area contributed by atoms with Gasteiger partial charge in [-0.2, -0.15) is 0 Å². The Hall–Kier alpha value is -3.71. The molecule has 1 saturated heterocycles. The number of anilines is 1. The standard InChI is InChI=1S/C28H33N3O4/c1-33-25-9-5-7-23(18-25)28(32)29-19-21-6-4-8-24(16-21)31-14-12-30(13-15-31)20-22-10-11-26(34-2)27(17-22)35-3/h4-11,16-18H,12-15,19-20H2,1-3H3,(H,29,32). The average Bonchev–Trinajstić information content (AvgIpc) is 2.92. The Labute approximate surface area is 207 Å². The molecule has 7 heteroatoms. The molecule has 0 saturated carbocycles. The smallest absolute Gasteiger partial charge is 0.251 e. The van der Waals surface area contributed by atoms with Crippen molar-refractivity contribution < 1.29 is 19.0 Å². The Balaban J connectivity index is 1.30. The molecule has 184 valence electrons. The third kappa shape index (κ3) is 6.25. The van der Waals surface area contributed by atoms with Crippen molar-refractivity contribution in [2.24, 2.45) is 0 Å². The van der Waals surface area contributed by atoms with Crippen molar-refractivity contribution in [2.75, 3.05) is 52.4 Å². The lowest BCUT2D eigenvalue weighted by Crippen LogP contribution is -2.46. The molecule has 3 aromatic rings. The van der Waals surface area contributed by atoms with Crippen LogP contribution < -0.4 is 24.4 Å². The highest BCUT2D eigenvalue weighted by molar-refractivity contribution is 5.94. The van der Waals surface area contributed by atoms with E-state index >= 15 is 0 Å². The number of hydrogen-bond donors (Lipinski definition) is 1. The van der Waals surface area contributed by atoms with Crippen LogP contribution in [0, 0.1) is 0 Å². The van der Waals surface area contributed by atoms with Crippen LogP contribution in [0.25, 0.3) is 0 Å². The molecule has 1 N–H and O–H groups in total. The molecule has 0 aromatic heterocycles. The van der Waals surface area contributed by atoms with Crippen LogP contribution in [0.4, 0.5) is 5.69 Å². The first kappa shape index (κ1) is 24.4. The number of nitrogens with zero attached hydrogens (tertiary/aromatic N) is 2. The monoisotopic (exact) mass is 475 g/mol. The molecule has 1 fully saturated rings. The summed E-state index contributed by atoms with van der Waals surface area (Å²) in [6.07, 6.45) is 0. The topological polar surface area (TPSA) is 63.3 Å². The molecule has 1 aliphatic rings. The number of rotatable bonds is 9. The molecule has 0 spiro atoms. The molecular weight excluding hydrogens is 442 g/mol. The molecule has 1 amide bonds. The van der Waals surface area contributed by atoms with Gasteiger partial charge in [-0.1, -0.05) is 24.3 Å². The van der Waals surface area contributed by atoms with Gasteiger partial charge in [-0.15, -0.1) is 0 Å². The summed E-state index contributed by atoms with van der Waals surface area (Å²) in [5.74, 6) is 2.07. The highest BCUT2D eigenvalue weighted by Crippen LogP contribution is 2.28. The molecule has 7 nitrogen and oxygen atoms in total. The number of carbonyl (C=O) groups excluding carboxylic acids is 1. The second-order valence-electron chi connectivity index (χ2n) is 8.54.